The Labute approximate surface area is 168 Å². The normalized spacial score (nSPS) is 11.0. The third kappa shape index (κ3) is 6.17. The fraction of sp³-hybridized carbons (Fsp3) is 0.238. The van der Waals surface area contributed by atoms with Crippen molar-refractivity contribution in [2.45, 2.75) is 19.9 Å². The van der Waals surface area contributed by atoms with E-state index in [0.29, 0.717) is 23.2 Å². The van der Waals surface area contributed by atoms with Crippen LogP contribution in [0.2, 0.25) is 5.02 Å². The van der Waals surface area contributed by atoms with Gasteiger partial charge < -0.3 is 5.32 Å². The van der Waals surface area contributed by atoms with Crippen molar-refractivity contribution in [3.8, 4) is 0 Å². The molecule has 0 aliphatic carbocycles. The van der Waals surface area contributed by atoms with Crippen LogP contribution in [0.15, 0.2) is 54.7 Å². The molecule has 3 aromatic rings. The summed E-state index contributed by atoms with van der Waals surface area (Å²) in [6, 6.07) is 16.1. The molecule has 1 heterocycles. The molecule has 1 amide bonds. The summed E-state index contributed by atoms with van der Waals surface area (Å²) in [6.07, 6.45) is 2.66. The van der Waals surface area contributed by atoms with Crippen LogP contribution in [0.3, 0.4) is 0 Å². The monoisotopic (exact) mass is 399 g/mol. The molecule has 2 aromatic carbocycles. The third-order valence-corrected chi connectivity index (χ3v) is 5.20. The molecule has 0 bridgehead atoms. The standard InChI is InChI=1S/C21H22ClN3OS/c1-15-4-3-5-17(10-15)11-19-12-23-21(27-19)24-20(26)14-25(2)13-16-6-8-18(22)9-7-16/h3-10,12H,11,13-14H2,1-2H3,(H,23,24,26). The van der Waals surface area contributed by atoms with Gasteiger partial charge in [-0.3, -0.25) is 9.69 Å². The number of aryl methyl sites for hydroxylation is 1. The van der Waals surface area contributed by atoms with Crippen LogP contribution in [0.4, 0.5) is 5.13 Å². The lowest BCUT2D eigenvalue weighted by atomic mass is 10.1. The summed E-state index contributed by atoms with van der Waals surface area (Å²) in [5, 5.41) is 4.24. The predicted octanol–water partition coefficient (Wildman–Crippen LogP) is 4.77. The minimum absolute atomic E-state index is 0.0667. The maximum atomic E-state index is 12.3. The molecule has 140 valence electrons. The molecule has 0 radical (unpaired) electrons. The molecule has 1 N–H and O–H groups in total. The van der Waals surface area contributed by atoms with Crippen LogP contribution in [0.1, 0.15) is 21.6 Å². The average molecular weight is 400 g/mol. The van der Waals surface area contributed by atoms with Crippen molar-refractivity contribution in [2.24, 2.45) is 0 Å². The van der Waals surface area contributed by atoms with Gasteiger partial charge in [0.25, 0.3) is 0 Å². The number of nitrogens with zero attached hydrogens (tertiary/aromatic N) is 2. The van der Waals surface area contributed by atoms with Crippen LogP contribution in [-0.2, 0) is 17.8 Å². The van der Waals surface area contributed by atoms with E-state index in [4.69, 9.17) is 11.6 Å². The van der Waals surface area contributed by atoms with Crippen LogP contribution >= 0.6 is 22.9 Å². The van der Waals surface area contributed by atoms with E-state index in [1.807, 2.05) is 42.4 Å². The van der Waals surface area contributed by atoms with Crippen LogP contribution in [-0.4, -0.2) is 29.4 Å². The molecule has 6 heteroatoms. The fourth-order valence-corrected chi connectivity index (χ4v) is 3.82. The molecular formula is C21H22ClN3OS. The molecule has 0 spiro atoms. The summed E-state index contributed by atoms with van der Waals surface area (Å²) in [6.45, 7) is 3.07. The molecule has 0 unspecified atom stereocenters. The summed E-state index contributed by atoms with van der Waals surface area (Å²) in [7, 11) is 1.92. The lowest BCUT2D eigenvalue weighted by molar-refractivity contribution is -0.117. The predicted molar refractivity (Wildman–Crippen MR) is 113 cm³/mol. The van der Waals surface area contributed by atoms with Crippen molar-refractivity contribution < 1.29 is 4.79 Å². The van der Waals surface area contributed by atoms with Gasteiger partial charge in [-0.1, -0.05) is 53.6 Å². The maximum Gasteiger partial charge on any atom is 0.240 e. The van der Waals surface area contributed by atoms with Crippen molar-refractivity contribution in [3.63, 3.8) is 0 Å². The van der Waals surface area contributed by atoms with Gasteiger partial charge in [0.1, 0.15) is 0 Å². The van der Waals surface area contributed by atoms with Crippen molar-refractivity contribution in [1.82, 2.24) is 9.88 Å². The van der Waals surface area contributed by atoms with Crippen LogP contribution < -0.4 is 5.32 Å². The zero-order chi connectivity index (χ0) is 19.2. The SMILES string of the molecule is Cc1cccc(Cc2cnc(NC(=O)CN(C)Cc3ccc(Cl)cc3)s2)c1. The number of aromatic nitrogens is 1. The van der Waals surface area contributed by atoms with Crippen molar-refractivity contribution in [2.75, 3.05) is 18.9 Å². The summed E-state index contributed by atoms with van der Waals surface area (Å²) in [4.78, 5) is 19.7. The second-order valence-electron chi connectivity index (χ2n) is 6.64. The van der Waals surface area contributed by atoms with Gasteiger partial charge >= 0.3 is 0 Å². The second kappa shape index (κ2) is 9.13. The second-order valence-corrected chi connectivity index (χ2v) is 8.20. The number of benzene rings is 2. The van der Waals surface area contributed by atoms with E-state index in [-0.39, 0.29) is 5.91 Å². The first-order valence-corrected chi connectivity index (χ1v) is 9.90. The van der Waals surface area contributed by atoms with Crippen LogP contribution in [0, 0.1) is 6.92 Å². The van der Waals surface area contributed by atoms with Gasteiger partial charge in [-0.05, 0) is 37.2 Å². The van der Waals surface area contributed by atoms with Crippen LogP contribution in [0.5, 0.6) is 0 Å². The first-order chi connectivity index (χ1) is 13.0. The molecule has 0 atom stereocenters. The summed E-state index contributed by atoms with van der Waals surface area (Å²) < 4.78 is 0. The molecule has 27 heavy (non-hydrogen) atoms. The molecule has 3 rings (SSSR count). The van der Waals surface area contributed by atoms with E-state index < -0.39 is 0 Å². The van der Waals surface area contributed by atoms with E-state index in [1.165, 1.54) is 22.5 Å². The number of hydrogen-bond acceptors (Lipinski definition) is 4. The highest BCUT2D eigenvalue weighted by Gasteiger charge is 2.10. The largest absolute Gasteiger partial charge is 0.301 e. The first-order valence-electron chi connectivity index (χ1n) is 8.71. The van der Waals surface area contributed by atoms with Crippen molar-refractivity contribution >= 4 is 34.0 Å². The van der Waals surface area contributed by atoms with Gasteiger partial charge in [0.05, 0.1) is 6.54 Å². The zero-order valence-electron chi connectivity index (χ0n) is 15.4. The highest BCUT2D eigenvalue weighted by atomic mass is 35.5. The number of halogens is 1. The van der Waals surface area contributed by atoms with Gasteiger partial charge in [0, 0.05) is 29.1 Å². The molecule has 0 saturated carbocycles. The summed E-state index contributed by atoms with van der Waals surface area (Å²) in [5.41, 5.74) is 3.61. The number of anilines is 1. The molecule has 4 nitrogen and oxygen atoms in total. The average Bonchev–Trinajstić information content (AvgIpc) is 3.03. The number of hydrogen-bond donors (Lipinski definition) is 1. The van der Waals surface area contributed by atoms with E-state index in [9.17, 15) is 4.79 Å². The van der Waals surface area contributed by atoms with E-state index in [0.717, 1.165) is 16.9 Å². The molecule has 0 aliphatic rings. The Bertz CT molecular complexity index is 908. The molecule has 0 saturated heterocycles. The number of amides is 1. The van der Waals surface area contributed by atoms with Gasteiger partial charge in [0.2, 0.25) is 5.91 Å². The quantitative estimate of drug-likeness (QED) is 0.622. The van der Waals surface area contributed by atoms with Crippen molar-refractivity contribution in [1.29, 1.82) is 0 Å². The fourth-order valence-electron chi connectivity index (χ4n) is 2.83. The lowest BCUT2D eigenvalue weighted by Crippen LogP contribution is -2.29. The van der Waals surface area contributed by atoms with E-state index in [2.05, 4.69) is 41.5 Å². The van der Waals surface area contributed by atoms with E-state index >= 15 is 0 Å². The van der Waals surface area contributed by atoms with Gasteiger partial charge in [0.15, 0.2) is 5.13 Å². The number of nitrogens with one attached hydrogen (secondary N) is 1. The molecular weight excluding hydrogens is 378 g/mol. The van der Waals surface area contributed by atoms with Crippen molar-refractivity contribution in [3.05, 3.63) is 81.3 Å². The number of thiazole rings is 1. The lowest BCUT2D eigenvalue weighted by Gasteiger charge is -2.15. The minimum atomic E-state index is -0.0667. The third-order valence-electron chi connectivity index (χ3n) is 4.04. The number of carbonyl (C=O) groups excluding carboxylic acids is 1. The Hall–Kier alpha value is -2.21. The Morgan fingerprint density at radius 1 is 1.19 bits per heavy atom. The van der Waals surface area contributed by atoms with Gasteiger partial charge in [-0.25, -0.2) is 4.98 Å². The molecule has 0 aliphatic heterocycles. The highest BCUT2D eigenvalue weighted by Crippen LogP contribution is 2.21. The first kappa shape index (κ1) is 19.5. The molecule has 0 fully saturated rings. The van der Waals surface area contributed by atoms with Crippen LogP contribution in [0.25, 0.3) is 0 Å². The van der Waals surface area contributed by atoms with Gasteiger partial charge in [-0.15, -0.1) is 11.3 Å². The summed E-state index contributed by atoms with van der Waals surface area (Å²) in [5.74, 6) is -0.0667. The Balaban J connectivity index is 1.50. The smallest absolute Gasteiger partial charge is 0.240 e. The maximum absolute atomic E-state index is 12.3. The summed E-state index contributed by atoms with van der Waals surface area (Å²) >= 11 is 7.42. The minimum Gasteiger partial charge on any atom is -0.301 e. The van der Waals surface area contributed by atoms with E-state index in [1.54, 1.807) is 0 Å². The topological polar surface area (TPSA) is 45.2 Å². The number of likely N-dealkylation sites (N-methyl/N-ethyl adjacent to an activating group) is 1. The Morgan fingerprint density at radius 3 is 2.70 bits per heavy atom. The highest BCUT2D eigenvalue weighted by molar-refractivity contribution is 7.15. The van der Waals surface area contributed by atoms with Gasteiger partial charge in [-0.2, -0.15) is 0 Å². The Morgan fingerprint density at radius 2 is 1.96 bits per heavy atom. The molecule has 1 aromatic heterocycles. The number of carbonyl (C=O) groups is 1. The number of rotatable bonds is 7. The Kier molecular flexibility index (Phi) is 6.61. The zero-order valence-corrected chi connectivity index (χ0v) is 17.0.